The summed E-state index contributed by atoms with van der Waals surface area (Å²) in [5.74, 6) is -1.88. The molecule has 0 heterocycles. The highest BCUT2D eigenvalue weighted by molar-refractivity contribution is 7.91. The van der Waals surface area contributed by atoms with Crippen LogP contribution in [-0.4, -0.2) is 32.7 Å². The van der Waals surface area contributed by atoms with Crippen molar-refractivity contribution < 1.29 is 22.7 Å². The molecule has 3 rings (SSSR count). The van der Waals surface area contributed by atoms with Gasteiger partial charge < -0.3 is 4.74 Å². The average Bonchev–Trinajstić information content (AvgIpc) is 3.38. The quantitative estimate of drug-likeness (QED) is 0.834. The molecule has 1 saturated carbocycles. The lowest BCUT2D eigenvalue weighted by Crippen LogP contribution is -2.44. The highest BCUT2D eigenvalue weighted by Gasteiger charge is 2.46. The fraction of sp³-hybridized carbons (Fsp3) is 0.294. The highest BCUT2D eigenvalue weighted by Crippen LogP contribution is 2.36. The second kappa shape index (κ2) is 6.24. The molecule has 1 N–H and O–H groups in total. The predicted octanol–water partition coefficient (Wildman–Crippen LogP) is 1.85. The van der Waals surface area contributed by atoms with Gasteiger partial charge in [-0.15, -0.1) is 0 Å². The minimum Gasteiger partial charge on any atom is -0.468 e. The largest absolute Gasteiger partial charge is 0.468 e. The van der Waals surface area contributed by atoms with Gasteiger partial charge in [0.25, 0.3) is 5.91 Å². The van der Waals surface area contributed by atoms with Gasteiger partial charge in [0, 0.05) is 5.56 Å². The van der Waals surface area contributed by atoms with E-state index >= 15 is 0 Å². The molecule has 2 aromatic rings. The van der Waals surface area contributed by atoms with Crippen molar-refractivity contribution in [3.8, 4) is 0 Å². The van der Waals surface area contributed by atoms with E-state index in [2.05, 4.69) is 4.74 Å². The summed E-state index contributed by atoms with van der Waals surface area (Å²) in [4.78, 5) is 24.3. The number of esters is 1. The molecule has 6 nitrogen and oxygen atoms in total. The molecule has 1 fully saturated rings. The third-order valence-electron chi connectivity index (χ3n) is 4.09. The maximum atomic E-state index is 12.5. The van der Waals surface area contributed by atoms with Crippen LogP contribution >= 0.6 is 0 Å². The van der Waals surface area contributed by atoms with E-state index < -0.39 is 27.1 Å². The average molecular weight is 347 g/mol. The molecule has 0 spiro atoms. The van der Waals surface area contributed by atoms with Crippen LogP contribution in [0.25, 0.3) is 10.8 Å². The molecule has 0 aliphatic heterocycles. The van der Waals surface area contributed by atoms with Gasteiger partial charge in [-0.1, -0.05) is 36.4 Å². The number of ether oxygens (including phenoxy) is 1. The fourth-order valence-electron chi connectivity index (χ4n) is 2.76. The first-order chi connectivity index (χ1) is 11.4. The maximum Gasteiger partial charge on any atom is 0.326 e. The van der Waals surface area contributed by atoms with Gasteiger partial charge in [0.2, 0.25) is 10.0 Å². The molecule has 0 radical (unpaired) electrons. The van der Waals surface area contributed by atoms with Crippen molar-refractivity contribution in [2.24, 2.45) is 5.92 Å². The smallest absolute Gasteiger partial charge is 0.326 e. The van der Waals surface area contributed by atoms with Crippen molar-refractivity contribution in [1.82, 2.24) is 4.72 Å². The van der Waals surface area contributed by atoms with Crippen molar-refractivity contribution in [2.45, 2.75) is 18.1 Å². The summed E-state index contributed by atoms with van der Waals surface area (Å²) >= 11 is 0. The van der Waals surface area contributed by atoms with Gasteiger partial charge in [-0.3, -0.25) is 9.59 Å². The standard InChI is InChI=1S/C17H17NO5S/c1-23-17(20)15(12-9-10-12)24(21,22)18-16(19)14-8-4-6-11-5-2-3-7-13(11)14/h2-8,12,15H,9-10H2,1H3,(H,18,19). The number of carbonyl (C=O) groups excluding carboxylic acids is 2. The van der Waals surface area contributed by atoms with Crippen LogP contribution in [0.2, 0.25) is 0 Å². The summed E-state index contributed by atoms with van der Waals surface area (Å²) in [6, 6.07) is 12.3. The maximum absolute atomic E-state index is 12.5. The number of fused-ring (bicyclic) bond motifs is 1. The van der Waals surface area contributed by atoms with Gasteiger partial charge in [0.1, 0.15) is 0 Å². The second-order valence-electron chi connectivity index (χ2n) is 5.78. The molecule has 1 aliphatic rings. The Labute approximate surface area is 139 Å². The number of rotatable bonds is 5. The van der Waals surface area contributed by atoms with E-state index in [9.17, 15) is 18.0 Å². The fourth-order valence-corrected chi connectivity index (χ4v) is 4.38. The number of hydrogen-bond donors (Lipinski definition) is 1. The first kappa shape index (κ1) is 16.4. The van der Waals surface area contributed by atoms with Crippen LogP contribution in [0, 0.1) is 5.92 Å². The lowest BCUT2D eigenvalue weighted by molar-refractivity contribution is -0.140. The van der Waals surface area contributed by atoms with Crippen molar-refractivity contribution in [1.29, 1.82) is 0 Å². The van der Waals surface area contributed by atoms with Crippen LogP contribution in [0.4, 0.5) is 0 Å². The molecule has 0 saturated heterocycles. The van der Waals surface area contributed by atoms with Crippen LogP contribution in [0.3, 0.4) is 0 Å². The zero-order valence-electron chi connectivity index (χ0n) is 13.1. The number of amides is 1. The number of methoxy groups -OCH3 is 1. The number of sulfonamides is 1. The molecule has 1 aliphatic carbocycles. The number of hydrogen-bond acceptors (Lipinski definition) is 5. The summed E-state index contributed by atoms with van der Waals surface area (Å²) in [5.41, 5.74) is 0.246. The molecule has 126 valence electrons. The minimum absolute atomic E-state index is 0.246. The Morgan fingerprint density at radius 1 is 1.12 bits per heavy atom. The predicted molar refractivity (Wildman–Crippen MR) is 88.9 cm³/mol. The third-order valence-corrected chi connectivity index (χ3v) is 5.80. The number of carbonyl (C=O) groups is 2. The van der Waals surface area contributed by atoms with Crippen LogP contribution in [0.1, 0.15) is 23.2 Å². The molecule has 2 aromatic carbocycles. The molecule has 1 unspecified atom stereocenters. The summed E-state index contributed by atoms with van der Waals surface area (Å²) in [7, 11) is -3.02. The zero-order chi connectivity index (χ0) is 17.3. The zero-order valence-corrected chi connectivity index (χ0v) is 13.9. The van der Waals surface area contributed by atoms with E-state index in [0.29, 0.717) is 18.2 Å². The van der Waals surface area contributed by atoms with E-state index in [1.807, 2.05) is 22.9 Å². The van der Waals surface area contributed by atoms with Crippen LogP contribution in [0.5, 0.6) is 0 Å². The summed E-state index contributed by atoms with van der Waals surface area (Å²) in [6.45, 7) is 0. The van der Waals surface area contributed by atoms with Crippen molar-refractivity contribution in [3.05, 3.63) is 48.0 Å². The molecule has 0 aromatic heterocycles. The minimum atomic E-state index is -4.16. The van der Waals surface area contributed by atoms with E-state index in [1.165, 1.54) is 0 Å². The SMILES string of the molecule is COC(=O)C(C1CC1)S(=O)(=O)NC(=O)c1cccc2ccccc12. The van der Waals surface area contributed by atoms with Gasteiger partial charge in [0.15, 0.2) is 5.25 Å². The Kier molecular flexibility index (Phi) is 4.28. The highest BCUT2D eigenvalue weighted by atomic mass is 32.2. The number of benzene rings is 2. The number of nitrogens with one attached hydrogen (secondary N) is 1. The van der Waals surface area contributed by atoms with Crippen molar-refractivity contribution in [3.63, 3.8) is 0 Å². The first-order valence-corrected chi connectivity index (χ1v) is 9.10. The Morgan fingerprint density at radius 3 is 2.46 bits per heavy atom. The molecule has 1 atom stereocenters. The van der Waals surface area contributed by atoms with Gasteiger partial charge in [0.05, 0.1) is 7.11 Å². The second-order valence-corrected chi connectivity index (χ2v) is 7.59. The van der Waals surface area contributed by atoms with E-state index in [1.54, 1.807) is 24.3 Å². The topological polar surface area (TPSA) is 89.5 Å². The Morgan fingerprint density at radius 2 is 1.79 bits per heavy atom. The molecular formula is C17H17NO5S. The summed E-state index contributed by atoms with van der Waals surface area (Å²) in [6.07, 6.45) is 1.26. The lowest BCUT2D eigenvalue weighted by Gasteiger charge is -2.16. The third kappa shape index (κ3) is 3.12. The Balaban J connectivity index is 1.91. The Bertz CT molecular complexity index is 897. The monoisotopic (exact) mass is 347 g/mol. The molecule has 0 bridgehead atoms. The summed E-state index contributed by atoms with van der Waals surface area (Å²) < 4.78 is 31.6. The molecular weight excluding hydrogens is 330 g/mol. The van der Waals surface area contributed by atoms with Gasteiger partial charge in [-0.2, -0.15) is 0 Å². The van der Waals surface area contributed by atoms with Crippen molar-refractivity contribution in [2.75, 3.05) is 7.11 Å². The van der Waals surface area contributed by atoms with Gasteiger partial charge in [-0.05, 0) is 35.6 Å². The van der Waals surface area contributed by atoms with Crippen LogP contribution in [-0.2, 0) is 19.6 Å². The lowest BCUT2D eigenvalue weighted by atomic mass is 10.0. The van der Waals surface area contributed by atoms with Crippen molar-refractivity contribution >= 4 is 32.7 Å². The van der Waals surface area contributed by atoms with E-state index in [4.69, 9.17) is 0 Å². The normalized spacial score (nSPS) is 15.7. The molecule has 1 amide bonds. The van der Waals surface area contributed by atoms with Crippen LogP contribution < -0.4 is 4.72 Å². The first-order valence-electron chi connectivity index (χ1n) is 7.55. The van der Waals surface area contributed by atoms with Gasteiger partial charge in [-0.25, -0.2) is 13.1 Å². The Hall–Kier alpha value is -2.41. The summed E-state index contributed by atoms with van der Waals surface area (Å²) in [5, 5.41) is 0.129. The van der Waals surface area contributed by atoms with E-state index in [0.717, 1.165) is 12.5 Å². The molecule has 7 heteroatoms. The van der Waals surface area contributed by atoms with E-state index in [-0.39, 0.29) is 11.5 Å². The molecule has 24 heavy (non-hydrogen) atoms. The van der Waals surface area contributed by atoms with Crippen LogP contribution in [0.15, 0.2) is 42.5 Å². The van der Waals surface area contributed by atoms with Gasteiger partial charge >= 0.3 is 5.97 Å².